The molecule has 0 saturated carbocycles. The van der Waals surface area contributed by atoms with Crippen molar-refractivity contribution >= 4 is 5.91 Å². The Kier molecular flexibility index (Phi) is 5.19. The Morgan fingerprint density at radius 2 is 1.88 bits per heavy atom. The predicted octanol–water partition coefficient (Wildman–Crippen LogP) is 3.66. The zero-order valence-corrected chi connectivity index (χ0v) is 14.8. The molecule has 132 valence electrons. The molecule has 1 amide bonds. The van der Waals surface area contributed by atoms with Crippen molar-refractivity contribution in [2.45, 2.75) is 38.4 Å². The number of alkyl halides is 1. The molecule has 0 spiro atoms. The molecule has 4 heteroatoms. The van der Waals surface area contributed by atoms with Crippen molar-refractivity contribution < 1.29 is 9.18 Å². The summed E-state index contributed by atoms with van der Waals surface area (Å²) in [6, 6.07) is 15.8. The summed E-state index contributed by atoms with van der Waals surface area (Å²) in [6.45, 7) is 4.68. The van der Waals surface area contributed by atoms with Gasteiger partial charge in [-0.2, -0.15) is 0 Å². The van der Waals surface area contributed by atoms with Crippen LogP contribution in [0, 0.1) is 6.92 Å². The third-order valence-corrected chi connectivity index (χ3v) is 5.16. The Hall–Kier alpha value is -2.20. The van der Waals surface area contributed by atoms with Crippen LogP contribution in [0.4, 0.5) is 4.39 Å². The number of carbonyl (C=O) groups is 1. The average Bonchev–Trinajstić information content (AvgIpc) is 3.07. The van der Waals surface area contributed by atoms with Crippen molar-refractivity contribution in [3.63, 3.8) is 0 Å². The molecule has 3 atom stereocenters. The smallest absolute Gasteiger partial charge is 0.240 e. The van der Waals surface area contributed by atoms with Crippen molar-refractivity contribution in [3.05, 3.63) is 59.7 Å². The molecular weight excluding hydrogens is 315 g/mol. The number of benzene rings is 2. The Morgan fingerprint density at radius 1 is 1.20 bits per heavy atom. The summed E-state index contributed by atoms with van der Waals surface area (Å²) >= 11 is 0. The summed E-state index contributed by atoms with van der Waals surface area (Å²) in [6.07, 6.45) is -0.502. The molecule has 1 aliphatic rings. The van der Waals surface area contributed by atoms with Crippen LogP contribution in [-0.2, 0) is 4.79 Å². The first-order valence-electron chi connectivity index (χ1n) is 8.81. The molecule has 1 fully saturated rings. The van der Waals surface area contributed by atoms with Gasteiger partial charge in [-0.15, -0.1) is 0 Å². The summed E-state index contributed by atoms with van der Waals surface area (Å²) in [5, 5.41) is 0. The van der Waals surface area contributed by atoms with Gasteiger partial charge in [-0.3, -0.25) is 4.79 Å². The highest BCUT2D eigenvalue weighted by atomic mass is 19.1. The molecule has 3 rings (SSSR count). The lowest BCUT2D eigenvalue weighted by Crippen LogP contribution is -2.45. The topological polar surface area (TPSA) is 46.3 Å². The first-order chi connectivity index (χ1) is 12.0. The minimum Gasteiger partial charge on any atom is -0.338 e. The number of carbonyl (C=O) groups excluding carboxylic acids is 1. The third-order valence-electron chi connectivity index (χ3n) is 5.16. The molecule has 1 saturated heterocycles. The highest BCUT2D eigenvalue weighted by Gasteiger charge is 2.32. The predicted molar refractivity (Wildman–Crippen MR) is 99.1 cm³/mol. The standard InChI is InChI=1S/C21H25FN2O/c1-14-5-3-4-6-19(14)17-9-7-16(8-10-17)15(2)20(23)21(25)24-12-11-18(22)13-24/h3-10,15,18,20H,11-13,23H2,1-2H3/t15-,18-,20-/m0/s1. The number of nitrogens with zero attached hydrogens (tertiary/aromatic N) is 1. The van der Waals surface area contributed by atoms with E-state index in [9.17, 15) is 9.18 Å². The van der Waals surface area contributed by atoms with Crippen LogP contribution in [0.5, 0.6) is 0 Å². The van der Waals surface area contributed by atoms with Gasteiger partial charge in [0.05, 0.1) is 12.6 Å². The number of hydrogen-bond donors (Lipinski definition) is 1. The molecular formula is C21H25FN2O. The summed E-state index contributed by atoms with van der Waals surface area (Å²) in [5.41, 5.74) is 10.8. The van der Waals surface area contributed by atoms with Crippen LogP contribution >= 0.6 is 0 Å². The minimum absolute atomic E-state index is 0.114. The maximum Gasteiger partial charge on any atom is 0.240 e. The van der Waals surface area contributed by atoms with Crippen molar-refractivity contribution in [1.82, 2.24) is 4.90 Å². The molecule has 25 heavy (non-hydrogen) atoms. The van der Waals surface area contributed by atoms with Crippen LogP contribution in [0.3, 0.4) is 0 Å². The second-order valence-corrected chi connectivity index (χ2v) is 6.92. The lowest BCUT2D eigenvalue weighted by Gasteiger charge is -2.25. The van der Waals surface area contributed by atoms with Crippen LogP contribution in [0.1, 0.15) is 30.4 Å². The first-order valence-corrected chi connectivity index (χ1v) is 8.81. The second-order valence-electron chi connectivity index (χ2n) is 6.92. The highest BCUT2D eigenvalue weighted by Crippen LogP contribution is 2.27. The molecule has 2 aromatic rings. The fourth-order valence-electron chi connectivity index (χ4n) is 3.41. The van der Waals surface area contributed by atoms with E-state index in [0.717, 1.165) is 11.1 Å². The maximum absolute atomic E-state index is 13.3. The number of rotatable bonds is 4. The van der Waals surface area contributed by atoms with Crippen molar-refractivity contribution in [3.8, 4) is 11.1 Å². The second kappa shape index (κ2) is 7.36. The third kappa shape index (κ3) is 3.74. The van der Waals surface area contributed by atoms with E-state index in [0.29, 0.717) is 13.0 Å². The first kappa shape index (κ1) is 17.6. The quantitative estimate of drug-likeness (QED) is 0.923. The number of nitrogens with two attached hydrogens (primary N) is 1. The Balaban J connectivity index is 1.73. The van der Waals surface area contributed by atoms with Gasteiger partial charge in [0, 0.05) is 12.5 Å². The normalized spacial score (nSPS) is 19.7. The van der Waals surface area contributed by atoms with E-state index in [1.165, 1.54) is 11.1 Å². The molecule has 2 N–H and O–H groups in total. The van der Waals surface area contributed by atoms with Gasteiger partial charge >= 0.3 is 0 Å². The average molecular weight is 340 g/mol. The van der Waals surface area contributed by atoms with Gasteiger partial charge in [-0.25, -0.2) is 4.39 Å². The van der Waals surface area contributed by atoms with Gasteiger partial charge in [0.25, 0.3) is 0 Å². The number of halogens is 1. The van der Waals surface area contributed by atoms with Crippen molar-refractivity contribution in [1.29, 1.82) is 0 Å². The molecule has 3 nitrogen and oxygen atoms in total. The molecule has 0 aliphatic carbocycles. The molecule has 0 radical (unpaired) electrons. The SMILES string of the molecule is Cc1ccccc1-c1ccc([C@H](C)[C@H](N)C(=O)N2CC[C@H](F)C2)cc1. The summed E-state index contributed by atoms with van der Waals surface area (Å²) in [7, 11) is 0. The number of hydrogen-bond acceptors (Lipinski definition) is 2. The Labute approximate surface area is 148 Å². The molecule has 0 unspecified atom stereocenters. The number of likely N-dealkylation sites (tertiary alicyclic amines) is 1. The van der Waals surface area contributed by atoms with E-state index >= 15 is 0 Å². The van der Waals surface area contributed by atoms with Crippen molar-refractivity contribution in [2.24, 2.45) is 5.73 Å². The molecule has 1 heterocycles. The van der Waals surface area contributed by atoms with Crippen LogP contribution in [0.2, 0.25) is 0 Å². The van der Waals surface area contributed by atoms with E-state index < -0.39 is 12.2 Å². The lowest BCUT2D eigenvalue weighted by molar-refractivity contribution is -0.132. The fraction of sp³-hybridized carbons (Fsp3) is 0.381. The molecule has 2 aromatic carbocycles. The van der Waals surface area contributed by atoms with Gasteiger partial charge < -0.3 is 10.6 Å². The summed E-state index contributed by atoms with van der Waals surface area (Å²) in [5.74, 6) is -0.271. The molecule has 0 bridgehead atoms. The van der Waals surface area contributed by atoms with Crippen molar-refractivity contribution in [2.75, 3.05) is 13.1 Å². The summed E-state index contributed by atoms with van der Waals surface area (Å²) < 4.78 is 13.3. The van der Waals surface area contributed by atoms with E-state index in [-0.39, 0.29) is 18.4 Å². The van der Waals surface area contributed by atoms with Crippen LogP contribution in [0.15, 0.2) is 48.5 Å². The van der Waals surface area contributed by atoms with E-state index in [1.54, 1.807) is 4.90 Å². The van der Waals surface area contributed by atoms with E-state index in [2.05, 4.69) is 31.2 Å². The lowest BCUT2D eigenvalue weighted by atomic mass is 9.91. The largest absolute Gasteiger partial charge is 0.338 e. The Morgan fingerprint density at radius 3 is 2.48 bits per heavy atom. The van der Waals surface area contributed by atoms with E-state index in [1.807, 2.05) is 31.2 Å². The number of amides is 1. The van der Waals surface area contributed by atoms with Crippen LogP contribution < -0.4 is 5.73 Å². The molecule has 1 aliphatic heterocycles. The zero-order valence-electron chi connectivity index (χ0n) is 14.8. The number of aryl methyl sites for hydroxylation is 1. The Bertz CT molecular complexity index is 744. The minimum atomic E-state index is -0.917. The zero-order chi connectivity index (χ0) is 18.0. The highest BCUT2D eigenvalue weighted by molar-refractivity contribution is 5.83. The van der Waals surface area contributed by atoms with Gasteiger partial charge in [-0.1, -0.05) is 55.5 Å². The monoisotopic (exact) mass is 340 g/mol. The maximum atomic E-state index is 13.3. The van der Waals surface area contributed by atoms with Crippen LogP contribution in [0.25, 0.3) is 11.1 Å². The van der Waals surface area contributed by atoms with Gasteiger partial charge in [0.2, 0.25) is 5.91 Å². The fourth-order valence-corrected chi connectivity index (χ4v) is 3.41. The van der Waals surface area contributed by atoms with Gasteiger partial charge in [0.15, 0.2) is 0 Å². The molecule has 0 aromatic heterocycles. The van der Waals surface area contributed by atoms with Crippen LogP contribution in [-0.4, -0.2) is 36.1 Å². The van der Waals surface area contributed by atoms with Gasteiger partial charge in [0.1, 0.15) is 6.17 Å². The summed E-state index contributed by atoms with van der Waals surface area (Å²) in [4.78, 5) is 14.0. The van der Waals surface area contributed by atoms with Gasteiger partial charge in [-0.05, 0) is 35.6 Å². The van der Waals surface area contributed by atoms with E-state index in [4.69, 9.17) is 5.73 Å².